The number of amides is 1. The number of aromatic nitrogens is 5. The smallest absolute Gasteiger partial charge is 0.272 e. The molecule has 39 heavy (non-hydrogen) atoms. The number of halogens is 1. The fraction of sp³-hybridized carbons (Fsp3) is 0.346. The summed E-state index contributed by atoms with van der Waals surface area (Å²) in [6.07, 6.45) is 6.34. The lowest BCUT2D eigenvalue weighted by atomic mass is 10.1. The van der Waals surface area contributed by atoms with Gasteiger partial charge < -0.3 is 14.4 Å². The molecule has 4 aromatic rings. The lowest BCUT2D eigenvalue weighted by Crippen LogP contribution is -2.42. The Morgan fingerprint density at radius 2 is 1.85 bits per heavy atom. The van der Waals surface area contributed by atoms with Crippen LogP contribution in [0.4, 0.5) is 4.39 Å². The van der Waals surface area contributed by atoms with Gasteiger partial charge in [0.1, 0.15) is 40.8 Å². The Bertz CT molecular complexity index is 1620. The Morgan fingerprint density at radius 3 is 2.49 bits per heavy atom. The van der Waals surface area contributed by atoms with Gasteiger partial charge in [0.2, 0.25) is 5.88 Å². The molecule has 1 aromatic carbocycles. The minimum absolute atomic E-state index is 0.0208. The summed E-state index contributed by atoms with van der Waals surface area (Å²) in [6, 6.07) is 7.01. The molecule has 1 amide bonds. The molecule has 4 heterocycles. The van der Waals surface area contributed by atoms with E-state index in [0.717, 1.165) is 12.3 Å². The molecule has 0 unspecified atom stereocenters. The summed E-state index contributed by atoms with van der Waals surface area (Å²) in [6.45, 7) is 4.82. The fourth-order valence-corrected chi connectivity index (χ4v) is 4.96. The van der Waals surface area contributed by atoms with Crippen molar-refractivity contribution in [3.8, 4) is 17.3 Å². The number of carbonyl (C=O) groups excluding carboxylic acids is 1. The first-order valence-electron chi connectivity index (χ1n) is 12.4. The van der Waals surface area contributed by atoms with Crippen LogP contribution in [0, 0.1) is 5.82 Å². The topological polar surface area (TPSA) is 129 Å². The van der Waals surface area contributed by atoms with E-state index in [9.17, 15) is 17.6 Å². The van der Waals surface area contributed by atoms with Crippen LogP contribution in [0.3, 0.4) is 0 Å². The zero-order valence-corrected chi connectivity index (χ0v) is 22.4. The van der Waals surface area contributed by atoms with E-state index in [0.29, 0.717) is 54.3 Å². The molecule has 3 aromatic heterocycles. The van der Waals surface area contributed by atoms with Gasteiger partial charge in [-0.3, -0.25) is 4.79 Å². The van der Waals surface area contributed by atoms with Crippen LogP contribution in [0.15, 0.2) is 53.9 Å². The highest BCUT2D eigenvalue weighted by atomic mass is 32.2. The molecule has 1 saturated heterocycles. The van der Waals surface area contributed by atoms with E-state index in [2.05, 4.69) is 20.1 Å². The Kier molecular flexibility index (Phi) is 7.17. The highest BCUT2D eigenvalue weighted by Crippen LogP contribution is 2.28. The van der Waals surface area contributed by atoms with Gasteiger partial charge in [-0.15, -0.1) is 0 Å². The van der Waals surface area contributed by atoms with Gasteiger partial charge in [-0.1, -0.05) is 0 Å². The molecular formula is C26H27FN6O5S. The molecule has 0 atom stereocenters. The summed E-state index contributed by atoms with van der Waals surface area (Å²) < 4.78 is 51.3. The molecule has 0 aliphatic carbocycles. The number of nitrogens with zero attached hydrogens (tertiary/aromatic N) is 6. The zero-order valence-electron chi connectivity index (χ0n) is 21.6. The summed E-state index contributed by atoms with van der Waals surface area (Å²) in [7, 11) is -3.56. The molecular weight excluding hydrogens is 527 g/mol. The van der Waals surface area contributed by atoms with Gasteiger partial charge in [0.25, 0.3) is 5.91 Å². The molecule has 5 rings (SSSR count). The van der Waals surface area contributed by atoms with Crippen molar-refractivity contribution in [2.75, 3.05) is 19.3 Å². The quantitative estimate of drug-likeness (QED) is 0.338. The summed E-state index contributed by atoms with van der Waals surface area (Å²) in [5, 5.41) is 4.72. The predicted octanol–water partition coefficient (Wildman–Crippen LogP) is 3.22. The average Bonchev–Trinajstić information content (AvgIpc) is 3.33. The van der Waals surface area contributed by atoms with Crippen LogP contribution in [-0.4, -0.2) is 75.5 Å². The first-order valence-corrected chi connectivity index (χ1v) is 14.3. The van der Waals surface area contributed by atoms with Crippen molar-refractivity contribution in [1.29, 1.82) is 0 Å². The Labute approximate surface area is 224 Å². The first kappa shape index (κ1) is 26.5. The van der Waals surface area contributed by atoms with Crippen LogP contribution in [0.5, 0.6) is 11.6 Å². The Balaban J connectivity index is 1.26. The van der Waals surface area contributed by atoms with E-state index in [1.807, 2.05) is 13.8 Å². The van der Waals surface area contributed by atoms with Crippen LogP contribution in [0.2, 0.25) is 0 Å². The van der Waals surface area contributed by atoms with E-state index in [1.54, 1.807) is 23.2 Å². The molecule has 1 aliphatic rings. The maximum absolute atomic E-state index is 14.8. The molecule has 13 heteroatoms. The standard InChI is InChI=1S/C26H27FN6O5S/c1-16(2)37-18-4-6-22(28-13-18)26(34)32-10-8-17(9-11-32)38-25-20-14-31-33(24(20)29-15-30-25)23-7-5-19(12-21(23)27)39(3,35)36/h4-7,12-17H,8-11H2,1-3H3. The van der Waals surface area contributed by atoms with E-state index < -0.39 is 15.7 Å². The third-order valence-electron chi connectivity index (χ3n) is 6.24. The van der Waals surface area contributed by atoms with Gasteiger partial charge in [-0.05, 0) is 44.2 Å². The number of likely N-dealkylation sites (tertiary alicyclic amines) is 1. The normalized spacial score (nSPS) is 14.6. The summed E-state index contributed by atoms with van der Waals surface area (Å²) in [5.41, 5.74) is 0.716. The molecule has 0 radical (unpaired) electrons. The largest absolute Gasteiger partial charge is 0.489 e. The number of sulfone groups is 1. The molecule has 0 bridgehead atoms. The molecule has 0 saturated carbocycles. The van der Waals surface area contributed by atoms with Gasteiger partial charge in [0.05, 0.1) is 23.4 Å². The Morgan fingerprint density at radius 1 is 1.08 bits per heavy atom. The van der Waals surface area contributed by atoms with Crippen molar-refractivity contribution in [3.63, 3.8) is 0 Å². The number of rotatable bonds is 7. The second kappa shape index (κ2) is 10.6. The molecule has 0 spiro atoms. The lowest BCUT2D eigenvalue weighted by Gasteiger charge is -2.31. The summed E-state index contributed by atoms with van der Waals surface area (Å²) >= 11 is 0. The summed E-state index contributed by atoms with van der Waals surface area (Å²) in [5.74, 6) is 0.00481. The van der Waals surface area contributed by atoms with Crippen LogP contribution >= 0.6 is 0 Å². The van der Waals surface area contributed by atoms with Crippen LogP contribution in [-0.2, 0) is 9.84 Å². The van der Waals surface area contributed by atoms with Gasteiger partial charge in [-0.2, -0.15) is 5.10 Å². The SMILES string of the molecule is CC(C)Oc1ccc(C(=O)N2CCC(Oc3ncnc4c3cnn4-c3ccc(S(C)(=O)=O)cc3F)CC2)nc1. The number of benzene rings is 1. The predicted molar refractivity (Wildman–Crippen MR) is 139 cm³/mol. The second-order valence-corrected chi connectivity index (χ2v) is 11.5. The van der Waals surface area contributed by atoms with E-state index >= 15 is 0 Å². The molecule has 1 fully saturated rings. The minimum Gasteiger partial charge on any atom is -0.489 e. The monoisotopic (exact) mass is 554 g/mol. The number of piperidine rings is 1. The molecule has 11 nitrogen and oxygen atoms in total. The van der Waals surface area contributed by atoms with Gasteiger partial charge in [-0.25, -0.2) is 32.4 Å². The van der Waals surface area contributed by atoms with Crippen molar-refractivity contribution in [3.05, 3.63) is 60.6 Å². The molecule has 0 N–H and O–H groups in total. The highest BCUT2D eigenvalue weighted by molar-refractivity contribution is 7.90. The number of pyridine rings is 1. The second-order valence-electron chi connectivity index (χ2n) is 9.51. The highest BCUT2D eigenvalue weighted by Gasteiger charge is 2.27. The molecule has 1 aliphatic heterocycles. The van der Waals surface area contributed by atoms with Crippen molar-refractivity contribution < 1.29 is 27.1 Å². The number of fused-ring (bicyclic) bond motifs is 1. The van der Waals surface area contributed by atoms with Crippen LogP contribution in [0.25, 0.3) is 16.7 Å². The van der Waals surface area contributed by atoms with E-state index in [4.69, 9.17) is 9.47 Å². The van der Waals surface area contributed by atoms with Crippen molar-refractivity contribution in [2.45, 2.75) is 43.8 Å². The van der Waals surface area contributed by atoms with Crippen molar-refractivity contribution >= 4 is 26.8 Å². The van der Waals surface area contributed by atoms with Gasteiger partial charge in [0.15, 0.2) is 15.5 Å². The minimum atomic E-state index is -3.56. The third kappa shape index (κ3) is 5.67. The Hall–Kier alpha value is -4.13. The number of ether oxygens (including phenoxy) is 2. The van der Waals surface area contributed by atoms with E-state index in [-0.39, 0.29) is 28.7 Å². The lowest BCUT2D eigenvalue weighted by molar-refractivity contribution is 0.0585. The number of hydrogen-bond acceptors (Lipinski definition) is 9. The van der Waals surface area contributed by atoms with E-state index in [1.165, 1.54) is 29.3 Å². The van der Waals surface area contributed by atoms with Crippen LogP contribution < -0.4 is 9.47 Å². The maximum Gasteiger partial charge on any atom is 0.272 e. The average molecular weight is 555 g/mol. The van der Waals surface area contributed by atoms with Crippen molar-refractivity contribution in [1.82, 2.24) is 29.6 Å². The molecule has 204 valence electrons. The third-order valence-corrected chi connectivity index (χ3v) is 7.35. The van der Waals surface area contributed by atoms with Crippen LogP contribution in [0.1, 0.15) is 37.2 Å². The van der Waals surface area contributed by atoms with Gasteiger partial charge >= 0.3 is 0 Å². The van der Waals surface area contributed by atoms with Gasteiger partial charge in [0, 0.05) is 32.2 Å². The maximum atomic E-state index is 14.8. The van der Waals surface area contributed by atoms with Crippen molar-refractivity contribution in [2.24, 2.45) is 0 Å². The number of carbonyl (C=O) groups is 1. The fourth-order valence-electron chi connectivity index (χ4n) is 4.33. The first-order chi connectivity index (χ1) is 18.6. The summed E-state index contributed by atoms with van der Waals surface area (Å²) in [4.78, 5) is 27.2. The zero-order chi connectivity index (χ0) is 27.7. The number of hydrogen-bond donors (Lipinski definition) is 0.